The molecule has 0 aliphatic carbocycles. The van der Waals surface area contributed by atoms with Crippen LogP contribution in [0, 0.1) is 9.39 Å². The number of fused-ring (bicyclic) bond motifs is 1. The molecule has 0 fully saturated rings. The first-order chi connectivity index (χ1) is 9.58. The lowest BCUT2D eigenvalue weighted by Gasteiger charge is -2.17. The lowest BCUT2D eigenvalue weighted by molar-refractivity contribution is 0.481. The van der Waals surface area contributed by atoms with Gasteiger partial charge in [0.05, 0.1) is 14.6 Å². The predicted molar refractivity (Wildman–Crippen MR) is 91.1 cm³/mol. The van der Waals surface area contributed by atoms with Crippen LogP contribution in [0.3, 0.4) is 0 Å². The summed E-state index contributed by atoms with van der Waals surface area (Å²) < 4.78 is 16.6. The van der Waals surface area contributed by atoms with E-state index in [0.717, 1.165) is 36.1 Å². The van der Waals surface area contributed by atoms with Crippen molar-refractivity contribution in [2.45, 2.75) is 45.6 Å². The van der Waals surface area contributed by atoms with Gasteiger partial charge in [-0.2, -0.15) is 0 Å². The van der Waals surface area contributed by atoms with E-state index in [9.17, 15) is 4.39 Å². The molecule has 0 saturated heterocycles. The van der Waals surface area contributed by atoms with E-state index in [2.05, 4.69) is 23.4 Å². The van der Waals surface area contributed by atoms with Crippen molar-refractivity contribution in [3.05, 3.63) is 27.3 Å². The summed E-state index contributed by atoms with van der Waals surface area (Å²) in [5.74, 6) is 1.31. The molecular formula is C15H19ClFIN2. The maximum Gasteiger partial charge on any atom is 0.138 e. The Balaban J connectivity index is 2.52. The van der Waals surface area contributed by atoms with E-state index < -0.39 is 0 Å². The molecule has 1 unspecified atom stereocenters. The van der Waals surface area contributed by atoms with Gasteiger partial charge in [-0.15, -0.1) is 11.6 Å². The number of alkyl halides is 1. The van der Waals surface area contributed by atoms with Crippen LogP contribution >= 0.6 is 34.2 Å². The van der Waals surface area contributed by atoms with Crippen LogP contribution in [0.1, 0.15) is 45.0 Å². The van der Waals surface area contributed by atoms with Gasteiger partial charge >= 0.3 is 0 Å². The number of benzene rings is 1. The minimum atomic E-state index is -0.181. The summed E-state index contributed by atoms with van der Waals surface area (Å²) in [6.45, 7) is 4.35. The summed E-state index contributed by atoms with van der Waals surface area (Å²) in [5, 5.41) is 0. The number of imidazole rings is 1. The minimum Gasteiger partial charge on any atom is -0.325 e. The SMILES string of the molecule is CCCCC(C)n1c(CCCl)nc2cc(I)c(F)cc21. The lowest BCUT2D eigenvalue weighted by Crippen LogP contribution is -2.10. The zero-order valence-electron chi connectivity index (χ0n) is 11.8. The molecule has 0 aliphatic heterocycles. The maximum absolute atomic E-state index is 13.9. The molecule has 0 spiro atoms. The second kappa shape index (κ2) is 7.07. The molecule has 2 rings (SSSR count). The first kappa shape index (κ1) is 16.0. The topological polar surface area (TPSA) is 17.8 Å². The fourth-order valence-electron chi connectivity index (χ4n) is 2.52. The van der Waals surface area contributed by atoms with E-state index in [1.165, 1.54) is 0 Å². The minimum absolute atomic E-state index is 0.181. The molecule has 2 nitrogen and oxygen atoms in total. The fraction of sp³-hybridized carbons (Fsp3) is 0.533. The Morgan fingerprint density at radius 1 is 1.45 bits per heavy atom. The Kier molecular flexibility index (Phi) is 5.66. The Labute approximate surface area is 137 Å². The van der Waals surface area contributed by atoms with Crippen molar-refractivity contribution in [3.8, 4) is 0 Å². The Morgan fingerprint density at radius 3 is 2.85 bits per heavy atom. The number of nitrogens with zero attached hydrogens (tertiary/aromatic N) is 2. The van der Waals surface area contributed by atoms with Gasteiger partial charge in [0.2, 0.25) is 0 Å². The molecule has 0 saturated carbocycles. The van der Waals surface area contributed by atoms with Gasteiger partial charge in [0.1, 0.15) is 11.6 Å². The standard InChI is InChI=1S/C15H19ClFIN2/c1-3-4-5-10(2)20-14-8-11(17)12(18)9-13(14)19-15(20)6-7-16/h8-10H,3-7H2,1-2H3. The highest BCUT2D eigenvalue weighted by molar-refractivity contribution is 14.1. The molecule has 0 aliphatic rings. The van der Waals surface area contributed by atoms with Gasteiger partial charge in [0.25, 0.3) is 0 Å². The van der Waals surface area contributed by atoms with Crippen molar-refractivity contribution in [3.63, 3.8) is 0 Å². The molecule has 1 atom stereocenters. The van der Waals surface area contributed by atoms with Gasteiger partial charge in [0.15, 0.2) is 0 Å². The van der Waals surface area contributed by atoms with Crippen LogP contribution in [-0.4, -0.2) is 15.4 Å². The van der Waals surface area contributed by atoms with Crippen molar-refractivity contribution >= 4 is 45.2 Å². The van der Waals surface area contributed by atoms with E-state index in [0.29, 0.717) is 21.9 Å². The molecule has 1 aromatic carbocycles. The van der Waals surface area contributed by atoms with Crippen LogP contribution in [0.4, 0.5) is 4.39 Å². The average molecular weight is 409 g/mol. The molecule has 110 valence electrons. The Hall–Kier alpha value is -0.360. The van der Waals surface area contributed by atoms with Crippen LogP contribution in [0.2, 0.25) is 0 Å². The predicted octanol–water partition coefficient (Wildman–Crippen LogP) is 5.31. The Morgan fingerprint density at radius 2 is 2.20 bits per heavy atom. The highest BCUT2D eigenvalue weighted by Crippen LogP contribution is 2.27. The first-order valence-electron chi connectivity index (χ1n) is 7.00. The highest BCUT2D eigenvalue weighted by Gasteiger charge is 2.17. The van der Waals surface area contributed by atoms with Crippen LogP contribution in [0.15, 0.2) is 12.1 Å². The fourth-order valence-corrected chi connectivity index (χ4v) is 3.14. The first-order valence-corrected chi connectivity index (χ1v) is 8.61. The summed E-state index contributed by atoms with van der Waals surface area (Å²) in [6, 6.07) is 3.73. The van der Waals surface area contributed by atoms with Crippen molar-refractivity contribution in [2.75, 3.05) is 5.88 Å². The lowest BCUT2D eigenvalue weighted by atomic mass is 10.1. The zero-order chi connectivity index (χ0) is 14.7. The summed E-state index contributed by atoms with van der Waals surface area (Å²) in [5.41, 5.74) is 1.74. The molecule has 5 heteroatoms. The van der Waals surface area contributed by atoms with Gasteiger partial charge in [-0.3, -0.25) is 0 Å². The number of aryl methyl sites for hydroxylation is 1. The third-order valence-corrected chi connectivity index (χ3v) is 4.55. The summed E-state index contributed by atoms with van der Waals surface area (Å²) in [6.07, 6.45) is 4.11. The van der Waals surface area contributed by atoms with Gasteiger partial charge in [-0.25, -0.2) is 9.37 Å². The third-order valence-electron chi connectivity index (χ3n) is 3.54. The van der Waals surface area contributed by atoms with Crippen LogP contribution < -0.4 is 0 Å². The molecule has 0 bridgehead atoms. The van der Waals surface area contributed by atoms with Crippen molar-refractivity contribution in [1.29, 1.82) is 0 Å². The van der Waals surface area contributed by atoms with Crippen LogP contribution in [-0.2, 0) is 6.42 Å². The summed E-state index contributed by atoms with van der Waals surface area (Å²) >= 11 is 7.88. The molecule has 20 heavy (non-hydrogen) atoms. The van der Waals surface area contributed by atoms with E-state index in [-0.39, 0.29) is 5.82 Å². The number of halogens is 3. The second-order valence-corrected chi connectivity index (χ2v) is 6.62. The number of rotatable bonds is 6. The number of hydrogen-bond donors (Lipinski definition) is 0. The van der Waals surface area contributed by atoms with Crippen molar-refractivity contribution in [2.24, 2.45) is 0 Å². The number of unbranched alkanes of at least 4 members (excludes halogenated alkanes) is 1. The molecular weight excluding hydrogens is 390 g/mol. The van der Waals surface area contributed by atoms with E-state index >= 15 is 0 Å². The van der Waals surface area contributed by atoms with E-state index in [4.69, 9.17) is 11.6 Å². The number of aromatic nitrogens is 2. The Bertz CT molecular complexity index is 597. The molecule has 2 aromatic rings. The molecule has 1 aromatic heterocycles. The summed E-state index contributed by atoms with van der Waals surface area (Å²) in [7, 11) is 0. The molecule has 1 heterocycles. The molecule has 0 N–H and O–H groups in total. The van der Waals surface area contributed by atoms with Gasteiger partial charge < -0.3 is 4.57 Å². The smallest absolute Gasteiger partial charge is 0.138 e. The van der Waals surface area contributed by atoms with Gasteiger partial charge in [-0.05, 0) is 42.0 Å². The second-order valence-electron chi connectivity index (χ2n) is 5.08. The van der Waals surface area contributed by atoms with Crippen molar-refractivity contribution < 1.29 is 4.39 Å². The highest BCUT2D eigenvalue weighted by atomic mass is 127. The third kappa shape index (κ3) is 3.27. The zero-order valence-corrected chi connectivity index (χ0v) is 14.7. The largest absolute Gasteiger partial charge is 0.325 e. The summed E-state index contributed by atoms with van der Waals surface area (Å²) in [4.78, 5) is 4.64. The molecule has 0 amide bonds. The normalized spacial score (nSPS) is 13.1. The van der Waals surface area contributed by atoms with E-state index in [1.807, 2.05) is 28.7 Å². The van der Waals surface area contributed by atoms with E-state index in [1.54, 1.807) is 6.07 Å². The average Bonchev–Trinajstić information content (AvgIpc) is 2.74. The van der Waals surface area contributed by atoms with Crippen LogP contribution in [0.5, 0.6) is 0 Å². The van der Waals surface area contributed by atoms with Crippen molar-refractivity contribution in [1.82, 2.24) is 9.55 Å². The quantitative estimate of drug-likeness (QED) is 0.468. The van der Waals surface area contributed by atoms with Gasteiger partial charge in [0, 0.05) is 24.4 Å². The van der Waals surface area contributed by atoms with Gasteiger partial charge in [-0.1, -0.05) is 19.8 Å². The van der Waals surface area contributed by atoms with Crippen LogP contribution in [0.25, 0.3) is 11.0 Å². The molecule has 0 radical (unpaired) electrons. The maximum atomic E-state index is 13.9. The monoisotopic (exact) mass is 408 g/mol. The number of hydrogen-bond acceptors (Lipinski definition) is 1.